The first kappa shape index (κ1) is 19.2. The molecule has 1 unspecified atom stereocenters. The van der Waals surface area contributed by atoms with E-state index in [2.05, 4.69) is 16.0 Å². The Kier molecular flexibility index (Phi) is 5.81. The van der Waals surface area contributed by atoms with E-state index < -0.39 is 17.9 Å². The molecule has 0 aliphatic carbocycles. The zero-order chi connectivity index (χ0) is 20.1. The molecule has 0 saturated carbocycles. The van der Waals surface area contributed by atoms with Gasteiger partial charge in [-0.3, -0.25) is 20.4 Å². The number of nitrogens with one attached hydrogen (secondary N) is 2. The first-order chi connectivity index (χ1) is 13.5. The maximum absolute atomic E-state index is 12.2. The standard InChI is InChI=1S/C19H17ClN4O4/c1-12(28-16-10-6-5-9-14(16)20)18(26)21-22-19(27)17-15(25)11-24(23-17)13-7-3-2-4-8-13/h2-12,25H,1H3,(H,21,26)(H,22,27). The van der Waals surface area contributed by atoms with Gasteiger partial charge >= 0.3 is 0 Å². The molecule has 28 heavy (non-hydrogen) atoms. The van der Waals surface area contributed by atoms with Gasteiger partial charge < -0.3 is 9.84 Å². The molecule has 0 saturated heterocycles. The third kappa shape index (κ3) is 4.41. The molecular formula is C19H17ClN4O4. The van der Waals surface area contributed by atoms with Gasteiger partial charge in [0, 0.05) is 0 Å². The number of nitrogens with zero attached hydrogens (tertiary/aromatic N) is 2. The van der Waals surface area contributed by atoms with E-state index in [9.17, 15) is 14.7 Å². The molecule has 2 amide bonds. The van der Waals surface area contributed by atoms with Gasteiger partial charge in [-0.05, 0) is 31.2 Å². The molecule has 2 aromatic carbocycles. The predicted octanol–water partition coefficient (Wildman–Crippen LogP) is 2.46. The number of carbonyl (C=O) groups excluding carboxylic acids is 2. The molecule has 3 rings (SSSR count). The van der Waals surface area contributed by atoms with Crippen molar-refractivity contribution in [1.82, 2.24) is 20.6 Å². The van der Waals surface area contributed by atoms with Gasteiger partial charge in [0.1, 0.15) is 5.75 Å². The van der Waals surface area contributed by atoms with Gasteiger partial charge in [0.2, 0.25) is 0 Å². The van der Waals surface area contributed by atoms with Crippen LogP contribution >= 0.6 is 11.6 Å². The largest absolute Gasteiger partial charge is 0.504 e. The van der Waals surface area contributed by atoms with Crippen LogP contribution in [0.5, 0.6) is 11.5 Å². The fraction of sp³-hybridized carbons (Fsp3) is 0.105. The Morgan fingerprint density at radius 3 is 2.50 bits per heavy atom. The highest BCUT2D eigenvalue weighted by atomic mass is 35.5. The Bertz CT molecular complexity index is 991. The van der Waals surface area contributed by atoms with Gasteiger partial charge in [0.15, 0.2) is 17.5 Å². The fourth-order valence-corrected chi connectivity index (χ4v) is 2.48. The van der Waals surface area contributed by atoms with E-state index >= 15 is 0 Å². The number of halogens is 1. The number of aromatic hydroxyl groups is 1. The number of hydrogen-bond donors (Lipinski definition) is 3. The molecule has 0 aliphatic heterocycles. The van der Waals surface area contributed by atoms with Crippen molar-refractivity contribution in [3.63, 3.8) is 0 Å². The molecule has 1 atom stereocenters. The zero-order valence-electron chi connectivity index (χ0n) is 14.8. The van der Waals surface area contributed by atoms with E-state index in [1.54, 1.807) is 48.5 Å². The van der Waals surface area contributed by atoms with E-state index in [-0.39, 0.29) is 11.4 Å². The normalized spacial score (nSPS) is 11.5. The maximum Gasteiger partial charge on any atom is 0.294 e. The molecule has 0 spiro atoms. The highest BCUT2D eigenvalue weighted by molar-refractivity contribution is 6.32. The van der Waals surface area contributed by atoms with E-state index in [0.717, 1.165) is 0 Å². The smallest absolute Gasteiger partial charge is 0.294 e. The number of benzene rings is 2. The van der Waals surface area contributed by atoms with Crippen LogP contribution < -0.4 is 15.6 Å². The number of aromatic nitrogens is 2. The van der Waals surface area contributed by atoms with Gasteiger partial charge in [-0.2, -0.15) is 5.10 Å². The molecular weight excluding hydrogens is 384 g/mol. The van der Waals surface area contributed by atoms with E-state index in [0.29, 0.717) is 16.5 Å². The van der Waals surface area contributed by atoms with Crippen LogP contribution in [-0.4, -0.2) is 32.8 Å². The zero-order valence-corrected chi connectivity index (χ0v) is 15.6. The quantitative estimate of drug-likeness (QED) is 0.570. The summed E-state index contributed by atoms with van der Waals surface area (Å²) in [4.78, 5) is 24.4. The summed E-state index contributed by atoms with van der Waals surface area (Å²) in [7, 11) is 0. The van der Waals surface area contributed by atoms with Gasteiger partial charge in [-0.15, -0.1) is 0 Å². The van der Waals surface area contributed by atoms with Crippen LogP contribution in [0, 0.1) is 0 Å². The Balaban J connectivity index is 1.60. The number of rotatable bonds is 5. The molecule has 0 radical (unpaired) electrons. The molecule has 3 N–H and O–H groups in total. The lowest BCUT2D eigenvalue weighted by molar-refractivity contribution is -0.128. The topological polar surface area (TPSA) is 105 Å². The lowest BCUT2D eigenvalue weighted by Gasteiger charge is -2.15. The summed E-state index contributed by atoms with van der Waals surface area (Å²) in [5, 5.41) is 14.4. The minimum atomic E-state index is -0.921. The summed E-state index contributed by atoms with van der Waals surface area (Å²) < 4.78 is 6.82. The van der Waals surface area contributed by atoms with E-state index in [1.165, 1.54) is 17.8 Å². The third-order valence-corrected chi connectivity index (χ3v) is 4.05. The molecule has 1 aromatic heterocycles. The van der Waals surface area contributed by atoms with Crippen molar-refractivity contribution in [2.75, 3.05) is 0 Å². The summed E-state index contributed by atoms with van der Waals surface area (Å²) in [6.07, 6.45) is 0.380. The maximum atomic E-state index is 12.2. The van der Waals surface area contributed by atoms with Crippen molar-refractivity contribution >= 4 is 23.4 Å². The molecule has 8 nitrogen and oxygen atoms in total. The summed E-state index contributed by atoms with van der Waals surface area (Å²) >= 11 is 5.99. The van der Waals surface area contributed by atoms with Crippen LogP contribution in [-0.2, 0) is 4.79 Å². The van der Waals surface area contributed by atoms with Crippen LogP contribution in [0.4, 0.5) is 0 Å². The number of hydrazine groups is 1. The van der Waals surface area contributed by atoms with Crippen molar-refractivity contribution in [1.29, 1.82) is 0 Å². The molecule has 3 aromatic rings. The highest BCUT2D eigenvalue weighted by Crippen LogP contribution is 2.24. The first-order valence-corrected chi connectivity index (χ1v) is 8.69. The summed E-state index contributed by atoms with van der Waals surface area (Å²) in [6, 6.07) is 15.7. The van der Waals surface area contributed by atoms with Crippen LogP contribution in [0.25, 0.3) is 5.69 Å². The number of carbonyl (C=O) groups is 2. The van der Waals surface area contributed by atoms with Crippen molar-refractivity contribution < 1.29 is 19.4 Å². The summed E-state index contributed by atoms with van der Waals surface area (Å²) in [5.41, 5.74) is 4.86. The lowest BCUT2D eigenvalue weighted by Crippen LogP contribution is -2.47. The Morgan fingerprint density at radius 2 is 1.79 bits per heavy atom. The molecule has 0 fully saturated rings. The number of ether oxygens (including phenoxy) is 1. The average molecular weight is 401 g/mol. The van der Waals surface area contributed by atoms with Crippen LogP contribution in [0.15, 0.2) is 60.8 Å². The Labute approximate surface area is 165 Å². The van der Waals surface area contributed by atoms with Crippen LogP contribution in [0.1, 0.15) is 17.4 Å². The predicted molar refractivity (Wildman–Crippen MR) is 102 cm³/mol. The SMILES string of the molecule is CC(Oc1ccccc1Cl)C(=O)NNC(=O)c1nn(-c2ccccc2)cc1O. The van der Waals surface area contributed by atoms with Gasteiger partial charge in [0.25, 0.3) is 11.8 Å². The third-order valence-electron chi connectivity index (χ3n) is 3.74. The molecule has 0 bridgehead atoms. The van der Waals surface area contributed by atoms with Crippen molar-refractivity contribution in [3.8, 4) is 17.2 Å². The lowest BCUT2D eigenvalue weighted by atomic mass is 10.3. The highest BCUT2D eigenvalue weighted by Gasteiger charge is 2.20. The second-order valence-corrected chi connectivity index (χ2v) is 6.18. The van der Waals surface area contributed by atoms with Crippen LogP contribution in [0.3, 0.4) is 0 Å². The Hall–Kier alpha value is -3.52. The van der Waals surface area contributed by atoms with E-state index in [1.807, 2.05) is 6.07 Å². The van der Waals surface area contributed by atoms with Gasteiger partial charge in [-0.25, -0.2) is 4.68 Å². The molecule has 0 aliphatic rings. The minimum absolute atomic E-state index is 0.233. The van der Waals surface area contributed by atoms with Gasteiger partial charge in [-0.1, -0.05) is 41.9 Å². The van der Waals surface area contributed by atoms with Gasteiger partial charge in [0.05, 0.1) is 16.9 Å². The molecule has 9 heteroatoms. The monoisotopic (exact) mass is 400 g/mol. The van der Waals surface area contributed by atoms with Crippen molar-refractivity contribution in [2.45, 2.75) is 13.0 Å². The second-order valence-electron chi connectivity index (χ2n) is 5.78. The van der Waals surface area contributed by atoms with Crippen LogP contribution in [0.2, 0.25) is 5.02 Å². The Morgan fingerprint density at radius 1 is 1.11 bits per heavy atom. The average Bonchev–Trinajstić information content (AvgIpc) is 3.10. The van der Waals surface area contributed by atoms with Crippen molar-refractivity contribution in [3.05, 3.63) is 71.5 Å². The summed E-state index contributed by atoms with van der Waals surface area (Å²) in [5.74, 6) is -1.35. The number of hydrogen-bond acceptors (Lipinski definition) is 5. The van der Waals surface area contributed by atoms with E-state index in [4.69, 9.17) is 16.3 Å². The first-order valence-electron chi connectivity index (χ1n) is 8.31. The molecule has 1 heterocycles. The number of amides is 2. The second kappa shape index (κ2) is 8.45. The molecule has 144 valence electrons. The minimum Gasteiger partial charge on any atom is -0.504 e. The fourth-order valence-electron chi connectivity index (χ4n) is 2.30. The number of para-hydroxylation sites is 2. The van der Waals surface area contributed by atoms with Crippen molar-refractivity contribution in [2.24, 2.45) is 0 Å². The summed E-state index contributed by atoms with van der Waals surface area (Å²) in [6.45, 7) is 1.51.